The van der Waals surface area contributed by atoms with Gasteiger partial charge in [-0.05, 0) is 6.92 Å². The molecule has 0 amide bonds. The predicted octanol–water partition coefficient (Wildman–Crippen LogP) is 0.285. The molecule has 0 aliphatic carbocycles. The fraction of sp³-hybridized carbons (Fsp3) is 0.600. The summed E-state index contributed by atoms with van der Waals surface area (Å²) in [7, 11) is 0. The van der Waals surface area contributed by atoms with Gasteiger partial charge >= 0.3 is 0 Å². The number of piperazine rings is 1. The van der Waals surface area contributed by atoms with Gasteiger partial charge < -0.3 is 15.0 Å². The molecule has 15 heavy (non-hydrogen) atoms. The van der Waals surface area contributed by atoms with E-state index >= 15 is 0 Å². The van der Waals surface area contributed by atoms with Crippen LogP contribution in [0.25, 0.3) is 0 Å². The SMILES string of the molecule is CCOc1nccnc1N1CCNCC1. The van der Waals surface area contributed by atoms with Gasteiger partial charge in [0.2, 0.25) is 0 Å². The Morgan fingerprint density at radius 1 is 1.33 bits per heavy atom. The second-order valence-electron chi connectivity index (χ2n) is 3.36. The lowest BCUT2D eigenvalue weighted by Gasteiger charge is -2.28. The van der Waals surface area contributed by atoms with Crippen molar-refractivity contribution in [2.24, 2.45) is 0 Å². The maximum Gasteiger partial charge on any atom is 0.257 e. The van der Waals surface area contributed by atoms with E-state index < -0.39 is 0 Å². The Balaban J connectivity index is 2.17. The van der Waals surface area contributed by atoms with Gasteiger partial charge in [-0.1, -0.05) is 0 Å². The van der Waals surface area contributed by atoms with Crippen LogP contribution in [-0.2, 0) is 0 Å². The van der Waals surface area contributed by atoms with Gasteiger partial charge in [0.05, 0.1) is 6.61 Å². The van der Waals surface area contributed by atoms with Crippen molar-refractivity contribution in [2.45, 2.75) is 6.92 Å². The van der Waals surface area contributed by atoms with Crippen LogP contribution in [0.4, 0.5) is 5.82 Å². The second kappa shape index (κ2) is 4.93. The molecular weight excluding hydrogens is 192 g/mol. The number of aromatic nitrogens is 2. The number of rotatable bonds is 3. The van der Waals surface area contributed by atoms with Crippen LogP contribution >= 0.6 is 0 Å². The van der Waals surface area contributed by atoms with Crippen LogP contribution in [0.2, 0.25) is 0 Å². The lowest BCUT2D eigenvalue weighted by Crippen LogP contribution is -2.44. The van der Waals surface area contributed by atoms with E-state index in [1.165, 1.54) is 0 Å². The molecule has 1 aliphatic heterocycles. The molecule has 1 aromatic heterocycles. The average Bonchev–Trinajstić information content (AvgIpc) is 2.31. The van der Waals surface area contributed by atoms with Crippen LogP contribution in [0.3, 0.4) is 0 Å². The Kier molecular flexibility index (Phi) is 3.34. The van der Waals surface area contributed by atoms with Crippen molar-refractivity contribution in [1.82, 2.24) is 15.3 Å². The lowest BCUT2D eigenvalue weighted by molar-refractivity contribution is 0.325. The highest BCUT2D eigenvalue weighted by atomic mass is 16.5. The van der Waals surface area contributed by atoms with Gasteiger partial charge in [-0.3, -0.25) is 0 Å². The molecule has 5 nitrogen and oxygen atoms in total. The van der Waals surface area contributed by atoms with Crippen LogP contribution < -0.4 is 15.0 Å². The quantitative estimate of drug-likeness (QED) is 0.773. The zero-order valence-electron chi connectivity index (χ0n) is 8.94. The second-order valence-corrected chi connectivity index (χ2v) is 3.36. The highest BCUT2D eigenvalue weighted by Gasteiger charge is 2.16. The molecule has 0 unspecified atom stereocenters. The number of hydrogen-bond acceptors (Lipinski definition) is 5. The molecule has 0 saturated carbocycles. The Morgan fingerprint density at radius 3 is 2.80 bits per heavy atom. The molecule has 2 heterocycles. The summed E-state index contributed by atoms with van der Waals surface area (Å²) in [5, 5.41) is 3.31. The maximum atomic E-state index is 5.45. The maximum absolute atomic E-state index is 5.45. The standard InChI is InChI=1S/C10H16N4O/c1-2-15-10-9(12-3-4-13-10)14-7-5-11-6-8-14/h3-4,11H,2,5-8H2,1H3. The molecule has 0 radical (unpaired) electrons. The van der Waals surface area contributed by atoms with E-state index in [1.54, 1.807) is 12.4 Å². The van der Waals surface area contributed by atoms with E-state index in [-0.39, 0.29) is 0 Å². The molecule has 0 atom stereocenters. The molecule has 1 aliphatic rings. The summed E-state index contributed by atoms with van der Waals surface area (Å²) in [5.41, 5.74) is 0. The zero-order chi connectivity index (χ0) is 10.5. The summed E-state index contributed by atoms with van der Waals surface area (Å²) < 4.78 is 5.45. The number of ether oxygens (including phenoxy) is 1. The van der Waals surface area contributed by atoms with Gasteiger partial charge in [-0.25, -0.2) is 9.97 Å². The average molecular weight is 208 g/mol. The van der Waals surface area contributed by atoms with Crippen LogP contribution in [0.5, 0.6) is 5.88 Å². The van der Waals surface area contributed by atoms with Gasteiger partial charge in [0, 0.05) is 38.6 Å². The van der Waals surface area contributed by atoms with Crippen molar-refractivity contribution >= 4 is 5.82 Å². The number of nitrogens with one attached hydrogen (secondary N) is 1. The normalized spacial score (nSPS) is 16.5. The zero-order valence-corrected chi connectivity index (χ0v) is 8.94. The topological polar surface area (TPSA) is 50.3 Å². The summed E-state index contributed by atoms with van der Waals surface area (Å²) in [6, 6.07) is 0. The molecule has 1 aromatic rings. The minimum absolute atomic E-state index is 0.623. The summed E-state index contributed by atoms with van der Waals surface area (Å²) >= 11 is 0. The first-order chi connectivity index (χ1) is 7.42. The molecule has 1 N–H and O–H groups in total. The van der Waals surface area contributed by atoms with Gasteiger partial charge in [0.25, 0.3) is 5.88 Å². The fourth-order valence-electron chi connectivity index (χ4n) is 1.65. The first-order valence-electron chi connectivity index (χ1n) is 5.31. The summed E-state index contributed by atoms with van der Waals surface area (Å²) in [5.74, 6) is 1.50. The molecule has 5 heteroatoms. The largest absolute Gasteiger partial charge is 0.475 e. The summed E-state index contributed by atoms with van der Waals surface area (Å²) in [4.78, 5) is 10.7. The van der Waals surface area contributed by atoms with Crippen molar-refractivity contribution in [3.63, 3.8) is 0 Å². The van der Waals surface area contributed by atoms with Crippen LogP contribution in [0, 0.1) is 0 Å². The molecule has 1 fully saturated rings. The third kappa shape index (κ3) is 2.36. The molecule has 0 aromatic carbocycles. The van der Waals surface area contributed by atoms with Crippen molar-refractivity contribution in [3.05, 3.63) is 12.4 Å². The Morgan fingerprint density at radius 2 is 2.07 bits per heavy atom. The molecule has 0 spiro atoms. The lowest BCUT2D eigenvalue weighted by atomic mass is 10.3. The van der Waals surface area contributed by atoms with Gasteiger partial charge in [0.15, 0.2) is 5.82 Å². The monoisotopic (exact) mass is 208 g/mol. The molecular formula is C10H16N4O. The van der Waals surface area contributed by atoms with Crippen molar-refractivity contribution in [1.29, 1.82) is 0 Å². The number of nitrogens with zero attached hydrogens (tertiary/aromatic N) is 3. The Hall–Kier alpha value is -1.36. The predicted molar refractivity (Wildman–Crippen MR) is 58.3 cm³/mol. The van der Waals surface area contributed by atoms with E-state index in [9.17, 15) is 0 Å². The molecule has 0 bridgehead atoms. The minimum Gasteiger partial charge on any atom is -0.475 e. The smallest absolute Gasteiger partial charge is 0.257 e. The number of anilines is 1. The third-order valence-corrected chi connectivity index (χ3v) is 2.34. The van der Waals surface area contributed by atoms with E-state index in [0.717, 1.165) is 32.0 Å². The van der Waals surface area contributed by atoms with Gasteiger partial charge in [0.1, 0.15) is 0 Å². The summed E-state index contributed by atoms with van der Waals surface area (Å²) in [6.45, 7) is 6.47. The van der Waals surface area contributed by atoms with Crippen molar-refractivity contribution in [2.75, 3.05) is 37.7 Å². The van der Waals surface area contributed by atoms with Crippen LogP contribution in [0.15, 0.2) is 12.4 Å². The molecule has 82 valence electrons. The summed E-state index contributed by atoms with van der Waals surface area (Å²) in [6.07, 6.45) is 3.37. The number of hydrogen-bond donors (Lipinski definition) is 1. The van der Waals surface area contributed by atoms with E-state index in [4.69, 9.17) is 4.74 Å². The molecule has 1 saturated heterocycles. The van der Waals surface area contributed by atoms with Gasteiger partial charge in [-0.2, -0.15) is 0 Å². The first-order valence-corrected chi connectivity index (χ1v) is 5.31. The third-order valence-electron chi connectivity index (χ3n) is 2.34. The fourth-order valence-corrected chi connectivity index (χ4v) is 1.65. The molecule has 2 rings (SSSR count). The van der Waals surface area contributed by atoms with E-state index in [2.05, 4.69) is 20.2 Å². The van der Waals surface area contributed by atoms with E-state index in [0.29, 0.717) is 12.5 Å². The first kappa shape index (κ1) is 10.2. The van der Waals surface area contributed by atoms with Crippen molar-refractivity contribution < 1.29 is 4.74 Å². The highest BCUT2D eigenvalue weighted by Crippen LogP contribution is 2.22. The Bertz CT molecular complexity index is 312. The highest BCUT2D eigenvalue weighted by molar-refractivity contribution is 5.48. The van der Waals surface area contributed by atoms with Crippen molar-refractivity contribution in [3.8, 4) is 5.88 Å². The minimum atomic E-state index is 0.623. The van der Waals surface area contributed by atoms with Gasteiger partial charge in [-0.15, -0.1) is 0 Å². The van der Waals surface area contributed by atoms with Crippen LogP contribution in [-0.4, -0.2) is 42.8 Å². The van der Waals surface area contributed by atoms with Crippen LogP contribution in [0.1, 0.15) is 6.92 Å². The van der Waals surface area contributed by atoms with E-state index in [1.807, 2.05) is 6.92 Å². The Labute approximate surface area is 89.5 Å².